The van der Waals surface area contributed by atoms with Gasteiger partial charge in [-0.3, -0.25) is 0 Å². The molecule has 1 aliphatic rings. The third-order valence-electron chi connectivity index (χ3n) is 3.43. The fourth-order valence-electron chi connectivity index (χ4n) is 2.52. The molecule has 2 rings (SSSR count). The minimum absolute atomic E-state index is 0.212. The summed E-state index contributed by atoms with van der Waals surface area (Å²) >= 11 is 1.57. The Bertz CT molecular complexity index is 472. The number of benzene rings is 1. The van der Waals surface area contributed by atoms with Gasteiger partial charge in [-0.05, 0) is 30.7 Å². The Labute approximate surface area is 124 Å². The van der Waals surface area contributed by atoms with Gasteiger partial charge in [-0.1, -0.05) is 13.0 Å². The van der Waals surface area contributed by atoms with Crippen LogP contribution in [0.15, 0.2) is 23.1 Å². The van der Waals surface area contributed by atoms with Crippen LogP contribution in [0.5, 0.6) is 0 Å². The SMILES string of the molecule is CCSc1cccc(N(C)CC2CCCO2)c1C(=O)O. The Morgan fingerprint density at radius 1 is 1.55 bits per heavy atom. The van der Waals surface area contributed by atoms with Crippen molar-refractivity contribution in [3.63, 3.8) is 0 Å². The van der Waals surface area contributed by atoms with Crippen LogP contribution in [0.2, 0.25) is 0 Å². The summed E-state index contributed by atoms with van der Waals surface area (Å²) in [4.78, 5) is 14.4. The highest BCUT2D eigenvalue weighted by atomic mass is 32.2. The van der Waals surface area contributed by atoms with E-state index in [1.807, 2.05) is 37.1 Å². The number of carboxylic acid groups (broad SMARTS) is 1. The predicted octanol–water partition coefficient (Wildman–Crippen LogP) is 3.11. The number of likely N-dealkylation sites (N-methyl/N-ethyl adjacent to an activating group) is 1. The van der Waals surface area contributed by atoms with Gasteiger partial charge in [0.1, 0.15) is 0 Å². The van der Waals surface area contributed by atoms with E-state index in [-0.39, 0.29) is 6.10 Å². The molecule has 0 amide bonds. The monoisotopic (exact) mass is 295 g/mol. The Morgan fingerprint density at radius 2 is 2.35 bits per heavy atom. The highest BCUT2D eigenvalue weighted by molar-refractivity contribution is 7.99. The number of aromatic carboxylic acids is 1. The normalized spacial score (nSPS) is 18.2. The molecule has 1 heterocycles. The van der Waals surface area contributed by atoms with Gasteiger partial charge in [0.2, 0.25) is 0 Å². The number of carboxylic acids is 1. The van der Waals surface area contributed by atoms with Crippen molar-refractivity contribution in [3.05, 3.63) is 23.8 Å². The molecule has 1 fully saturated rings. The van der Waals surface area contributed by atoms with Crippen LogP contribution in [-0.2, 0) is 4.74 Å². The van der Waals surface area contributed by atoms with Crippen LogP contribution >= 0.6 is 11.8 Å². The molecule has 1 N–H and O–H groups in total. The van der Waals surface area contributed by atoms with Gasteiger partial charge in [-0.25, -0.2) is 4.79 Å². The number of hydrogen-bond donors (Lipinski definition) is 1. The third kappa shape index (κ3) is 3.46. The number of hydrogen-bond acceptors (Lipinski definition) is 4. The molecule has 0 aromatic heterocycles. The maximum Gasteiger partial charge on any atom is 0.338 e. The summed E-state index contributed by atoms with van der Waals surface area (Å²) in [6.07, 6.45) is 2.36. The van der Waals surface area contributed by atoms with E-state index in [1.165, 1.54) is 0 Å². The van der Waals surface area contributed by atoms with E-state index in [4.69, 9.17) is 4.74 Å². The average molecular weight is 295 g/mol. The molecule has 20 heavy (non-hydrogen) atoms. The summed E-state index contributed by atoms with van der Waals surface area (Å²) in [5.41, 5.74) is 1.17. The zero-order chi connectivity index (χ0) is 14.5. The van der Waals surface area contributed by atoms with Crippen molar-refractivity contribution >= 4 is 23.4 Å². The second kappa shape index (κ2) is 6.99. The smallest absolute Gasteiger partial charge is 0.338 e. The number of rotatable bonds is 6. The fourth-order valence-corrected chi connectivity index (χ4v) is 3.34. The minimum Gasteiger partial charge on any atom is -0.478 e. The van der Waals surface area contributed by atoms with E-state index in [0.29, 0.717) is 5.56 Å². The van der Waals surface area contributed by atoms with E-state index >= 15 is 0 Å². The van der Waals surface area contributed by atoms with Gasteiger partial charge < -0.3 is 14.7 Å². The molecule has 0 saturated carbocycles. The lowest BCUT2D eigenvalue weighted by atomic mass is 10.1. The van der Waals surface area contributed by atoms with Crippen LogP contribution in [0, 0.1) is 0 Å². The summed E-state index contributed by atoms with van der Waals surface area (Å²) in [6, 6.07) is 5.67. The summed E-state index contributed by atoms with van der Waals surface area (Å²) < 4.78 is 5.63. The lowest BCUT2D eigenvalue weighted by molar-refractivity contribution is 0.0693. The van der Waals surface area contributed by atoms with Crippen molar-refractivity contribution in [2.75, 3.05) is 30.9 Å². The van der Waals surface area contributed by atoms with Gasteiger partial charge >= 0.3 is 5.97 Å². The molecule has 0 spiro atoms. The first kappa shape index (κ1) is 15.2. The van der Waals surface area contributed by atoms with E-state index < -0.39 is 5.97 Å². The van der Waals surface area contributed by atoms with Crippen molar-refractivity contribution in [2.24, 2.45) is 0 Å². The average Bonchev–Trinajstić information content (AvgIpc) is 2.91. The zero-order valence-corrected chi connectivity index (χ0v) is 12.8. The quantitative estimate of drug-likeness (QED) is 0.817. The van der Waals surface area contributed by atoms with Gasteiger partial charge in [0.15, 0.2) is 0 Å². The Hall–Kier alpha value is -1.20. The summed E-state index contributed by atoms with van der Waals surface area (Å²) in [6.45, 7) is 3.58. The highest BCUT2D eigenvalue weighted by Gasteiger charge is 2.22. The number of thioether (sulfide) groups is 1. The summed E-state index contributed by atoms with van der Waals surface area (Å²) in [7, 11) is 1.93. The molecule has 1 unspecified atom stereocenters. The zero-order valence-electron chi connectivity index (χ0n) is 12.0. The lowest BCUT2D eigenvalue weighted by Gasteiger charge is -2.25. The van der Waals surface area contributed by atoms with Crippen LogP contribution in [0.1, 0.15) is 30.1 Å². The molecule has 4 nitrogen and oxygen atoms in total. The van der Waals surface area contributed by atoms with Crippen molar-refractivity contribution in [1.29, 1.82) is 0 Å². The van der Waals surface area contributed by atoms with Crippen LogP contribution in [-0.4, -0.2) is 43.1 Å². The molecule has 0 aliphatic carbocycles. The van der Waals surface area contributed by atoms with Crippen LogP contribution in [0.4, 0.5) is 5.69 Å². The molecule has 0 radical (unpaired) electrons. The third-order valence-corrected chi connectivity index (χ3v) is 4.37. The maximum atomic E-state index is 11.6. The molecule has 1 aromatic rings. The van der Waals surface area contributed by atoms with Crippen LogP contribution in [0.25, 0.3) is 0 Å². The van der Waals surface area contributed by atoms with E-state index in [0.717, 1.165) is 42.3 Å². The van der Waals surface area contributed by atoms with Crippen molar-refractivity contribution in [1.82, 2.24) is 0 Å². The largest absolute Gasteiger partial charge is 0.478 e. The summed E-state index contributed by atoms with van der Waals surface area (Å²) in [5, 5.41) is 9.51. The van der Waals surface area contributed by atoms with Gasteiger partial charge in [0.25, 0.3) is 0 Å². The molecular weight excluding hydrogens is 274 g/mol. The number of anilines is 1. The van der Waals surface area contributed by atoms with Crippen LogP contribution in [0.3, 0.4) is 0 Å². The molecule has 1 atom stereocenters. The van der Waals surface area contributed by atoms with Crippen LogP contribution < -0.4 is 4.90 Å². The molecule has 0 bridgehead atoms. The number of nitrogens with zero attached hydrogens (tertiary/aromatic N) is 1. The van der Waals surface area contributed by atoms with Gasteiger partial charge in [-0.15, -0.1) is 11.8 Å². The second-order valence-electron chi connectivity index (χ2n) is 4.90. The Kier molecular flexibility index (Phi) is 5.31. The topological polar surface area (TPSA) is 49.8 Å². The maximum absolute atomic E-state index is 11.6. The first-order valence-electron chi connectivity index (χ1n) is 6.95. The van der Waals surface area contributed by atoms with Crippen molar-refractivity contribution < 1.29 is 14.6 Å². The Morgan fingerprint density at radius 3 is 2.95 bits per heavy atom. The molecular formula is C15H21NO3S. The van der Waals surface area contributed by atoms with Crippen molar-refractivity contribution in [2.45, 2.75) is 30.8 Å². The number of ether oxygens (including phenoxy) is 1. The first-order valence-corrected chi connectivity index (χ1v) is 7.94. The predicted molar refractivity (Wildman–Crippen MR) is 82.0 cm³/mol. The van der Waals surface area contributed by atoms with Gasteiger partial charge in [0, 0.05) is 25.1 Å². The first-order chi connectivity index (χ1) is 9.63. The second-order valence-corrected chi connectivity index (χ2v) is 6.21. The standard InChI is InChI=1S/C15H21NO3S/c1-3-20-13-8-4-7-12(14(13)15(17)18)16(2)10-11-6-5-9-19-11/h4,7-8,11H,3,5-6,9-10H2,1-2H3,(H,17,18). The molecule has 1 aliphatic heterocycles. The van der Waals surface area contributed by atoms with Gasteiger partial charge in [0.05, 0.1) is 17.4 Å². The number of carbonyl (C=O) groups is 1. The molecule has 110 valence electrons. The molecule has 5 heteroatoms. The lowest BCUT2D eigenvalue weighted by Crippen LogP contribution is -2.29. The Balaban J connectivity index is 2.24. The summed E-state index contributed by atoms with van der Waals surface area (Å²) in [5.74, 6) is -0.00475. The van der Waals surface area contributed by atoms with E-state index in [2.05, 4.69) is 0 Å². The van der Waals surface area contributed by atoms with E-state index in [9.17, 15) is 9.90 Å². The minimum atomic E-state index is -0.865. The molecule has 1 saturated heterocycles. The fraction of sp³-hybridized carbons (Fsp3) is 0.533. The van der Waals surface area contributed by atoms with Gasteiger partial charge in [-0.2, -0.15) is 0 Å². The van der Waals surface area contributed by atoms with E-state index in [1.54, 1.807) is 11.8 Å². The molecule has 1 aromatic carbocycles. The highest BCUT2D eigenvalue weighted by Crippen LogP contribution is 2.31. The van der Waals surface area contributed by atoms with Crippen molar-refractivity contribution in [3.8, 4) is 0 Å².